The van der Waals surface area contributed by atoms with Gasteiger partial charge in [0.1, 0.15) is 0 Å². The van der Waals surface area contributed by atoms with Crippen LogP contribution >= 0.6 is 0 Å². The number of allylic oxidation sites excluding steroid dienone is 3. The van der Waals surface area contributed by atoms with Crippen LogP contribution in [0.4, 0.5) is 11.4 Å². The number of hydrogen-bond donors (Lipinski definition) is 0. The highest BCUT2D eigenvalue weighted by molar-refractivity contribution is 5.99. The second kappa shape index (κ2) is 10.6. The Hall–Kier alpha value is -5.40. The molecule has 0 radical (unpaired) electrons. The van der Waals surface area contributed by atoms with Crippen LogP contribution in [0.5, 0.6) is 0 Å². The first kappa shape index (κ1) is 27.9. The van der Waals surface area contributed by atoms with E-state index in [0.717, 1.165) is 6.42 Å². The van der Waals surface area contributed by atoms with Crippen LogP contribution in [-0.2, 0) is 5.41 Å². The minimum Gasteiger partial charge on any atom is -0.310 e. The van der Waals surface area contributed by atoms with Gasteiger partial charge >= 0.3 is 0 Å². The summed E-state index contributed by atoms with van der Waals surface area (Å²) in [5, 5.41) is 0. The highest BCUT2D eigenvalue weighted by Crippen LogP contribution is 2.65. The Morgan fingerprint density at radius 1 is 0.553 bits per heavy atom. The summed E-state index contributed by atoms with van der Waals surface area (Å²) >= 11 is 0. The predicted octanol–water partition coefficient (Wildman–Crippen LogP) is 11.8. The fraction of sp³-hybridized carbons (Fsp3) is 0.130. The van der Waals surface area contributed by atoms with Gasteiger partial charge in [-0.15, -0.1) is 0 Å². The van der Waals surface area contributed by atoms with Gasteiger partial charge in [-0.25, -0.2) is 0 Å². The standard InChI is InChI=1S/C46H37N/c1-30-22-25-35(26-23-30)47(43-27-24-34(29-32(43)3)33-13-10-12-31(2)28-33)44-21-11-17-39-38-16-6-9-20-42(38)46(45(39)44)40-18-7-4-14-36(40)37-15-5-8-19-41(37)46/h4-23,25-29,34H,24H2,1-3H3. The van der Waals surface area contributed by atoms with Gasteiger partial charge in [0.05, 0.1) is 11.1 Å². The Morgan fingerprint density at radius 3 is 1.74 bits per heavy atom. The summed E-state index contributed by atoms with van der Waals surface area (Å²) in [5.41, 5.74) is 19.3. The fourth-order valence-corrected chi connectivity index (χ4v) is 8.68. The van der Waals surface area contributed by atoms with Crippen LogP contribution in [0.1, 0.15) is 58.2 Å². The molecule has 6 aromatic carbocycles. The van der Waals surface area contributed by atoms with Crippen LogP contribution in [0.15, 0.2) is 163 Å². The Balaban J connectivity index is 1.32. The molecule has 3 aliphatic rings. The summed E-state index contributed by atoms with van der Waals surface area (Å²) in [6.07, 6.45) is 5.93. The average molecular weight is 604 g/mol. The van der Waals surface area contributed by atoms with Crippen molar-refractivity contribution in [3.8, 4) is 22.3 Å². The van der Waals surface area contributed by atoms with Gasteiger partial charge in [0.2, 0.25) is 0 Å². The summed E-state index contributed by atoms with van der Waals surface area (Å²) in [4.78, 5) is 2.55. The zero-order chi connectivity index (χ0) is 31.7. The van der Waals surface area contributed by atoms with Gasteiger partial charge in [0, 0.05) is 22.9 Å². The molecule has 1 heteroatoms. The maximum absolute atomic E-state index is 2.55. The second-order valence-corrected chi connectivity index (χ2v) is 13.5. The number of hydrogen-bond acceptors (Lipinski definition) is 1. The van der Waals surface area contributed by atoms with Gasteiger partial charge in [0.25, 0.3) is 0 Å². The number of rotatable bonds is 4. The molecule has 1 unspecified atom stereocenters. The summed E-state index contributed by atoms with van der Waals surface area (Å²) in [6.45, 7) is 6.65. The third-order valence-corrected chi connectivity index (χ3v) is 10.7. The molecule has 0 saturated heterocycles. The first-order chi connectivity index (χ1) is 23.1. The Morgan fingerprint density at radius 2 is 1.13 bits per heavy atom. The van der Waals surface area contributed by atoms with Crippen molar-refractivity contribution in [2.75, 3.05) is 4.90 Å². The van der Waals surface area contributed by atoms with Crippen molar-refractivity contribution >= 4 is 11.4 Å². The van der Waals surface area contributed by atoms with Crippen LogP contribution in [0, 0.1) is 13.8 Å². The molecule has 3 aliphatic carbocycles. The third kappa shape index (κ3) is 4.02. The molecule has 1 atom stereocenters. The zero-order valence-corrected chi connectivity index (χ0v) is 27.2. The average Bonchev–Trinajstić information content (AvgIpc) is 3.58. The Labute approximate surface area is 278 Å². The van der Waals surface area contributed by atoms with Gasteiger partial charge < -0.3 is 4.90 Å². The van der Waals surface area contributed by atoms with E-state index in [2.05, 4.69) is 177 Å². The quantitative estimate of drug-likeness (QED) is 0.193. The molecular formula is C46H37N. The van der Waals surface area contributed by atoms with Gasteiger partial charge in [-0.3, -0.25) is 0 Å². The van der Waals surface area contributed by atoms with Crippen molar-refractivity contribution < 1.29 is 0 Å². The lowest BCUT2D eigenvalue weighted by Gasteiger charge is -2.37. The molecule has 0 N–H and O–H groups in total. The molecular weight excluding hydrogens is 567 g/mol. The largest absolute Gasteiger partial charge is 0.310 e. The van der Waals surface area contributed by atoms with Gasteiger partial charge in [0.15, 0.2) is 0 Å². The minimum absolute atomic E-state index is 0.365. The number of anilines is 2. The van der Waals surface area contributed by atoms with Crippen molar-refractivity contribution in [1.82, 2.24) is 0 Å². The number of aryl methyl sites for hydroxylation is 2. The molecule has 0 heterocycles. The normalized spacial score (nSPS) is 16.5. The number of nitrogens with zero attached hydrogens (tertiary/aromatic N) is 1. The van der Waals surface area contributed by atoms with E-state index < -0.39 is 5.41 Å². The van der Waals surface area contributed by atoms with E-state index in [9.17, 15) is 0 Å². The van der Waals surface area contributed by atoms with E-state index in [1.165, 1.54) is 83.8 Å². The van der Waals surface area contributed by atoms with Crippen LogP contribution in [-0.4, -0.2) is 0 Å². The molecule has 6 aromatic rings. The van der Waals surface area contributed by atoms with Gasteiger partial charge in [-0.2, -0.15) is 0 Å². The van der Waals surface area contributed by atoms with Crippen LogP contribution in [0.2, 0.25) is 0 Å². The maximum Gasteiger partial charge on any atom is 0.0746 e. The minimum atomic E-state index is -0.421. The first-order valence-electron chi connectivity index (χ1n) is 16.8. The van der Waals surface area contributed by atoms with Crippen molar-refractivity contribution in [1.29, 1.82) is 0 Å². The Bertz CT molecular complexity index is 2200. The van der Waals surface area contributed by atoms with Gasteiger partial charge in [-0.1, -0.05) is 145 Å². The Kier molecular flexibility index (Phi) is 6.27. The van der Waals surface area contributed by atoms with Crippen LogP contribution in [0.3, 0.4) is 0 Å². The van der Waals surface area contributed by atoms with E-state index in [0.29, 0.717) is 5.92 Å². The van der Waals surface area contributed by atoms with Crippen molar-refractivity contribution in [3.05, 3.63) is 202 Å². The first-order valence-corrected chi connectivity index (χ1v) is 16.8. The van der Waals surface area contributed by atoms with Gasteiger partial charge in [-0.05, 0) is 95.5 Å². The molecule has 1 nitrogen and oxygen atoms in total. The van der Waals surface area contributed by atoms with E-state index in [1.54, 1.807) is 0 Å². The summed E-state index contributed by atoms with van der Waals surface area (Å²) in [5.74, 6) is 0.365. The van der Waals surface area contributed by atoms with E-state index in [-0.39, 0.29) is 0 Å². The molecule has 226 valence electrons. The van der Waals surface area contributed by atoms with E-state index >= 15 is 0 Å². The zero-order valence-electron chi connectivity index (χ0n) is 27.2. The lowest BCUT2D eigenvalue weighted by molar-refractivity contribution is 0.788. The number of benzene rings is 6. The van der Waals surface area contributed by atoms with Crippen LogP contribution < -0.4 is 4.90 Å². The lowest BCUT2D eigenvalue weighted by atomic mass is 9.70. The van der Waals surface area contributed by atoms with E-state index in [4.69, 9.17) is 0 Å². The van der Waals surface area contributed by atoms with Crippen LogP contribution in [0.25, 0.3) is 22.3 Å². The van der Waals surface area contributed by atoms with Crippen molar-refractivity contribution in [2.24, 2.45) is 0 Å². The molecule has 47 heavy (non-hydrogen) atoms. The molecule has 0 aromatic heterocycles. The smallest absolute Gasteiger partial charge is 0.0746 e. The summed E-state index contributed by atoms with van der Waals surface area (Å²) < 4.78 is 0. The molecule has 9 rings (SSSR count). The monoisotopic (exact) mass is 603 g/mol. The fourth-order valence-electron chi connectivity index (χ4n) is 8.68. The second-order valence-electron chi connectivity index (χ2n) is 13.5. The lowest BCUT2D eigenvalue weighted by Crippen LogP contribution is -2.29. The summed E-state index contributed by atoms with van der Waals surface area (Å²) in [6, 6.07) is 52.3. The number of fused-ring (bicyclic) bond motifs is 10. The topological polar surface area (TPSA) is 3.24 Å². The molecule has 0 aliphatic heterocycles. The third-order valence-electron chi connectivity index (χ3n) is 10.7. The molecule has 0 bridgehead atoms. The highest BCUT2D eigenvalue weighted by atomic mass is 15.2. The summed E-state index contributed by atoms with van der Waals surface area (Å²) in [7, 11) is 0. The molecule has 1 spiro atoms. The SMILES string of the molecule is CC1=CC(c2cccc(C)c2)CC=C1N(c1ccc(C)cc1)c1cccc2c1C1(c3ccccc3-c3ccccc31)c1ccccc1-2. The molecule has 0 fully saturated rings. The highest BCUT2D eigenvalue weighted by Gasteiger charge is 2.53. The predicted molar refractivity (Wildman–Crippen MR) is 196 cm³/mol. The van der Waals surface area contributed by atoms with E-state index in [1.807, 2.05) is 0 Å². The molecule has 0 saturated carbocycles. The van der Waals surface area contributed by atoms with Crippen molar-refractivity contribution in [2.45, 2.75) is 38.5 Å². The molecule has 0 amide bonds. The van der Waals surface area contributed by atoms with Crippen molar-refractivity contribution in [3.63, 3.8) is 0 Å². The maximum atomic E-state index is 2.55.